The van der Waals surface area contributed by atoms with Crippen molar-refractivity contribution in [2.75, 3.05) is 26.4 Å². The van der Waals surface area contributed by atoms with Crippen molar-refractivity contribution in [2.45, 2.75) is 18.9 Å². The molecule has 6 rings (SSSR count). The number of rotatable bonds is 5. The van der Waals surface area contributed by atoms with E-state index >= 15 is 0 Å². The third-order valence-electron chi connectivity index (χ3n) is 6.64. The predicted molar refractivity (Wildman–Crippen MR) is 136 cm³/mol. The second kappa shape index (κ2) is 7.93. The molecule has 0 unspecified atom stereocenters. The molecule has 1 aromatic carbocycles. The van der Waals surface area contributed by atoms with Gasteiger partial charge in [0.15, 0.2) is 0 Å². The third-order valence-corrected chi connectivity index (χ3v) is 7.54. The van der Waals surface area contributed by atoms with Gasteiger partial charge in [-0.15, -0.1) is 11.3 Å². The lowest BCUT2D eigenvalue weighted by Crippen LogP contribution is -2.33. The van der Waals surface area contributed by atoms with Gasteiger partial charge in [0.05, 0.1) is 21.5 Å². The Bertz CT molecular complexity index is 1450. The average molecular weight is 455 g/mol. The number of benzene rings is 1. The summed E-state index contributed by atoms with van der Waals surface area (Å²) in [6.07, 6.45) is 6.11. The third kappa shape index (κ3) is 3.57. The van der Waals surface area contributed by atoms with Crippen molar-refractivity contribution in [3.05, 3.63) is 60.4 Å². The maximum atomic E-state index is 6.38. The van der Waals surface area contributed by atoms with E-state index in [4.69, 9.17) is 10.7 Å². The van der Waals surface area contributed by atoms with Gasteiger partial charge in [0.1, 0.15) is 17.8 Å². The van der Waals surface area contributed by atoms with Gasteiger partial charge in [0, 0.05) is 29.7 Å². The number of nitrogen functional groups attached to an aromatic ring is 1. The van der Waals surface area contributed by atoms with Gasteiger partial charge < -0.3 is 15.2 Å². The molecule has 7 heteroatoms. The summed E-state index contributed by atoms with van der Waals surface area (Å²) in [5, 5.41) is 4.14. The number of aromatic nitrogens is 4. The van der Waals surface area contributed by atoms with Crippen LogP contribution in [-0.4, -0.2) is 45.1 Å². The molecule has 6 nitrogen and oxygen atoms in total. The first-order valence-electron chi connectivity index (χ1n) is 11.3. The van der Waals surface area contributed by atoms with E-state index in [2.05, 4.69) is 87.6 Å². The van der Waals surface area contributed by atoms with E-state index in [0.717, 1.165) is 64.1 Å². The lowest BCUT2D eigenvalue weighted by molar-refractivity contribution is 0.159. The Hall–Kier alpha value is -3.29. The van der Waals surface area contributed by atoms with Gasteiger partial charge in [-0.25, -0.2) is 15.0 Å². The minimum atomic E-state index is 0.449. The highest BCUT2D eigenvalue weighted by Gasteiger charge is 2.32. The number of hydrogen-bond acceptors (Lipinski definition) is 6. The average Bonchev–Trinajstić information content (AvgIpc) is 3.44. The molecule has 0 saturated heterocycles. The van der Waals surface area contributed by atoms with Crippen LogP contribution in [0.2, 0.25) is 0 Å². The quantitative estimate of drug-likeness (QED) is 0.381. The largest absolute Gasteiger partial charge is 0.383 e. The molecule has 2 N–H and O–H groups in total. The molecular formula is C26H26N6S. The van der Waals surface area contributed by atoms with Gasteiger partial charge in [-0.3, -0.25) is 0 Å². The Morgan fingerprint density at radius 1 is 1.12 bits per heavy atom. The van der Waals surface area contributed by atoms with Crippen LogP contribution in [0.1, 0.15) is 18.9 Å². The molecule has 5 aromatic rings. The number of anilines is 1. The summed E-state index contributed by atoms with van der Waals surface area (Å²) in [4.78, 5) is 17.3. The molecule has 1 saturated carbocycles. The molecule has 4 aromatic heterocycles. The first kappa shape index (κ1) is 20.3. The van der Waals surface area contributed by atoms with Crippen LogP contribution in [0.15, 0.2) is 60.4 Å². The predicted octanol–water partition coefficient (Wildman–Crippen LogP) is 5.47. The minimum absolute atomic E-state index is 0.449. The van der Waals surface area contributed by atoms with Crippen molar-refractivity contribution in [1.82, 2.24) is 24.4 Å². The van der Waals surface area contributed by atoms with Crippen molar-refractivity contribution < 1.29 is 0 Å². The van der Waals surface area contributed by atoms with Crippen molar-refractivity contribution in [1.29, 1.82) is 0 Å². The van der Waals surface area contributed by atoms with Crippen LogP contribution in [0.5, 0.6) is 0 Å². The first-order valence-corrected chi connectivity index (χ1v) is 12.2. The second-order valence-electron chi connectivity index (χ2n) is 9.24. The highest BCUT2D eigenvalue weighted by Crippen LogP contribution is 2.43. The number of thiophene rings is 1. The van der Waals surface area contributed by atoms with Gasteiger partial charge in [0.2, 0.25) is 0 Å². The minimum Gasteiger partial charge on any atom is -0.383 e. The maximum Gasteiger partial charge on any atom is 0.146 e. The highest BCUT2D eigenvalue weighted by molar-refractivity contribution is 7.13. The number of pyridine rings is 1. The Morgan fingerprint density at radius 3 is 2.76 bits per heavy atom. The van der Waals surface area contributed by atoms with Crippen molar-refractivity contribution >= 4 is 39.1 Å². The summed E-state index contributed by atoms with van der Waals surface area (Å²) < 4.78 is 2.31. The Kier molecular flexibility index (Phi) is 4.89. The van der Waals surface area contributed by atoms with Crippen molar-refractivity contribution in [3.63, 3.8) is 0 Å². The molecule has 0 spiro atoms. The summed E-state index contributed by atoms with van der Waals surface area (Å²) in [5.41, 5.74) is 11.4. The summed E-state index contributed by atoms with van der Waals surface area (Å²) in [5.74, 6) is 1.25. The maximum absolute atomic E-state index is 6.38. The topological polar surface area (TPSA) is 72.9 Å². The van der Waals surface area contributed by atoms with Gasteiger partial charge >= 0.3 is 0 Å². The van der Waals surface area contributed by atoms with Crippen LogP contribution in [0.4, 0.5) is 5.82 Å². The van der Waals surface area contributed by atoms with Crippen molar-refractivity contribution in [2.24, 2.45) is 5.92 Å². The van der Waals surface area contributed by atoms with Crippen LogP contribution in [0, 0.1) is 5.92 Å². The summed E-state index contributed by atoms with van der Waals surface area (Å²) in [6.45, 7) is 1.13. The number of fused-ring (bicyclic) bond motifs is 2. The van der Waals surface area contributed by atoms with E-state index in [1.54, 1.807) is 17.7 Å². The number of hydrogen-bond donors (Lipinski definition) is 1. The molecule has 4 heterocycles. The number of nitrogens with zero attached hydrogens (tertiary/aromatic N) is 5. The monoisotopic (exact) mass is 454 g/mol. The molecule has 166 valence electrons. The second-order valence-corrected chi connectivity index (χ2v) is 10.2. The zero-order valence-corrected chi connectivity index (χ0v) is 19.6. The van der Waals surface area contributed by atoms with Crippen LogP contribution in [0.3, 0.4) is 0 Å². The van der Waals surface area contributed by atoms with Crippen LogP contribution in [-0.2, 0) is 0 Å². The molecular weight excluding hydrogens is 428 g/mol. The van der Waals surface area contributed by atoms with Crippen LogP contribution >= 0.6 is 11.3 Å². The molecule has 0 bridgehead atoms. The Morgan fingerprint density at radius 2 is 1.97 bits per heavy atom. The van der Waals surface area contributed by atoms with Gasteiger partial charge in [-0.2, -0.15) is 0 Å². The smallest absolute Gasteiger partial charge is 0.146 e. The standard InChI is InChI=1S/C26H26N6S/c1-31(2)13-16-10-19(11-16)32-14-20(24-25(27)28-15-29-26(24)32)18-6-5-17-7-8-21(30-22(17)12-18)23-4-3-9-33-23/h3-9,12,14-16,19H,10-11,13H2,1-2H3,(H2,27,28,29). The molecule has 1 aliphatic carbocycles. The molecule has 33 heavy (non-hydrogen) atoms. The normalized spacial score (nSPS) is 18.3. The molecule has 1 fully saturated rings. The fraction of sp³-hybridized carbons (Fsp3) is 0.269. The summed E-state index contributed by atoms with van der Waals surface area (Å²) in [7, 11) is 4.28. The van der Waals surface area contributed by atoms with E-state index in [1.165, 1.54) is 4.88 Å². The van der Waals surface area contributed by atoms with E-state index in [-0.39, 0.29) is 0 Å². The fourth-order valence-corrected chi connectivity index (χ4v) is 5.74. The first-order chi connectivity index (χ1) is 16.1. The molecule has 0 atom stereocenters. The zero-order valence-electron chi connectivity index (χ0n) is 18.8. The van der Waals surface area contributed by atoms with Gasteiger partial charge in [-0.1, -0.05) is 24.3 Å². The summed E-state index contributed by atoms with van der Waals surface area (Å²) in [6, 6.07) is 15.3. The van der Waals surface area contributed by atoms with Crippen molar-refractivity contribution in [3.8, 4) is 21.7 Å². The van der Waals surface area contributed by atoms with E-state index < -0.39 is 0 Å². The Balaban J connectivity index is 1.43. The van der Waals surface area contributed by atoms with Gasteiger partial charge in [-0.05, 0) is 62.0 Å². The van der Waals surface area contributed by atoms with E-state index in [9.17, 15) is 0 Å². The Labute approximate surface area is 196 Å². The van der Waals surface area contributed by atoms with E-state index in [0.29, 0.717) is 11.9 Å². The lowest BCUT2D eigenvalue weighted by Gasteiger charge is -2.38. The lowest BCUT2D eigenvalue weighted by atomic mass is 9.80. The fourth-order valence-electron chi connectivity index (χ4n) is 5.04. The molecule has 1 aliphatic rings. The highest BCUT2D eigenvalue weighted by atomic mass is 32.1. The SMILES string of the molecule is CN(C)CC1CC(n2cc(-c3ccc4ccc(-c5cccs5)nc4c3)c3c(N)ncnc32)C1. The van der Waals surface area contributed by atoms with Gasteiger partial charge in [0.25, 0.3) is 0 Å². The summed E-state index contributed by atoms with van der Waals surface area (Å²) >= 11 is 1.71. The zero-order chi connectivity index (χ0) is 22.5. The molecule has 0 aliphatic heterocycles. The molecule has 0 radical (unpaired) electrons. The van der Waals surface area contributed by atoms with E-state index in [1.807, 2.05) is 0 Å². The van der Waals surface area contributed by atoms with Crippen LogP contribution in [0.25, 0.3) is 43.6 Å². The molecule has 0 amide bonds. The number of nitrogens with two attached hydrogens (primary N) is 1. The van der Waals surface area contributed by atoms with Crippen LogP contribution < -0.4 is 5.73 Å².